The normalized spacial score (nSPS) is 16.2. The average Bonchev–Trinajstić information content (AvgIpc) is 2.05. The molecule has 1 aliphatic rings. The third-order valence-corrected chi connectivity index (χ3v) is 1.54. The number of carbonyl (C=O) groups excluding carboxylic acids is 1. The molecule has 1 amide bonds. The van der Waals surface area contributed by atoms with Crippen LogP contribution in [0, 0.1) is 0 Å². The summed E-state index contributed by atoms with van der Waals surface area (Å²) in [7, 11) is 1.38. The highest BCUT2D eigenvalue weighted by molar-refractivity contribution is 5.69. The number of rotatable bonds is 0. The Bertz CT molecular complexity index is 218. The van der Waals surface area contributed by atoms with Crippen molar-refractivity contribution in [1.82, 2.24) is 4.90 Å². The molecule has 3 nitrogen and oxygen atoms in total. The lowest BCUT2D eigenvalue weighted by Crippen LogP contribution is -2.27. The van der Waals surface area contributed by atoms with E-state index >= 15 is 0 Å². The zero-order valence-corrected chi connectivity index (χ0v) is 6.70. The van der Waals surface area contributed by atoms with E-state index in [0.29, 0.717) is 6.54 Å². The van der Waals surface area contributed by atoms with Crippen molar-refractivity contribution >= 4 is 6.09 Å². The summed E-state index contributed by atoms with van der Waals surface area (Å²) >= 11 is 0. The first-order valence-corrected chi connectivity index (χ1v) is 3.43. The Labute approximate surface area is 65.9 Å². The highest BCUT2D eigenvalue weighted by Crippen LogP contribution is 2.06. The molecule has 3 heteroatoms. The van der Waals surface area contributed by atoms with E-state index in [0.717, 1.165) is 0 Å². The van der Waals surface area contributed by atoms with Crippen LogP contribution in [0.4, 0.5) is 4.79 Å². The molecule has 0 spiro atoms. The van der Waals surface area contributed by atoms with Crippen molar-refractivity contribution in [2.45, 2.75) is 6.92 Å². The Morgan fingerprint density at radius 1 is 1.73 bits per heavy atom. The van der Waals surface area contributed by atoms with Crippen molar-refractivity contribution in [3.05, 3.63) is 23.9 Å². The molecular weight excluding hydrogens is 142 g/mol. The SMILES string of the molecule is COC(=O)N1C=CC(C)=CC1. The summed E-state index contributed by atoms with van der Waals surface area (Å²) in [5, 5.41) is 0. The van der Waals surface area contributed by atoms with Crippen LogP contribution in [0.25, 0.3) is 0 Å². The van der Waals surface area contributed by atoms with Gasteiger partial charge in [0.1, 0.15) is 0 Å². The van der Waals surface area contributed by atoms with Gasteiger partial charge in [0.25, 0.3) is 0 Å². The van der Waals surface area contributed by atoms with E-state index in [1.807, 2.05) is 19.1 Å². The Kier molecular flexibility index (Phi) is 2.31. The maximum absolute atomic E-state index is 10.9. The maximum atomic E-state index is 10.9. The van der Waals surface area contributed by atoms with Crippen molar-refractivity contribution in [2.24, 2.45) is 0 Å². The van der Waals surface area contributed by atoms with Gasteiger partial charge in [0.15, 0.2) is 0 Å². The van der Waals surface area contributed by atoms with Crippen LogP contribution < -0.4 is 0 Å². The average molecular weight is 153 g/mol. The van der Waals surface area contributed by atoms with E-state index in [-0.39, 0.29) is 6.09 Å². The molecule has 0 aromatic heterocycles. The largest absolute Gasteiger partial charge is 0.452 e. The first-order chi connectivity index (χ1) is 5.24. The molecule has 0 fully saturated rings. The lowest BCUT2D eigenvalue weighted by Gasteiger charge is -2.17. The summed E-state index contributed by atoms with van der Waals surface area (Å²) < 4.78 is 4.53. The van der Waals surface area contributed by atoms with Gasteiger partial charge in [0.2, 0.25) is 0 Å². The summed E-state index contributed by atoms with van der Waals surface area (Å²) in [6, 6.07) is 0. The number of hydrogen-bond donors (Lipinski definition) is 0. The minimum atomic E-state index is -0.315. The van der Waals surface area contributed by atoms with Gasteiger partial charge in [-0.1, -0.05) is 11.6 Å². The topological polar surface area (TPSA) is 29.5 Å². The smallest absolute Gasteiger partial charge is 0.413 e. The molecule has 0 atom stereocenters. The van der Waals surface area contributed by atoms with Crippen molar-refractivity contribution in [1.29, 1.82) is 0 Å². The van der Waals surface area contributed by atoms with E-state index in [2.05, 4.69) is 4.74 Å². The van der Waals surface area contributed by atoms with E-state index in [9.17, 15) is 4.79 Å². The molecule has 0 saturated carbocycles. The van der Waals surface area contributed by atoms with Gasteiger partial charge in [-0.05, 0) is 13.0 Å². The van der Waals surface area contributed by atoms with Gasteiger partial charge in [-0.25, -0.2) is 4.79 Å². The van der Waals surface area contributed by atoms with Gasteiger partial charge in [0.05, 0.1) is 7.11 Å². The van der Waals surface area contributed by atoms with Crippen LogP contribution in [0.15, 0.2) is 23.9 Å². The number of methoxy groups -OCH3 is 1. The molecule has 1 rings (SSSR count). The molecule has 0 aromatic carbocycles. The van der Waals surface area contributed by atoms with Crippen molar-refractivity contribution < 1.29 is 9.53 Å². The van der Waals surface area contributed by atoms with E-state index in [1.54, 1.807) is 6.20 Å². The third kappa shape index (κ3) is 1.83. The number of amides is 1. The number of allylic oxidation sites excluding steroid dienone is 2. The Balaban J connectivity index is 2.55. The summed E-state index contributed by atoms with van der Waals surface area (Å²) in [6.45, 7) is 2.60. The summed E-state index contributed by atoms with van der Waals surface area (Å²) in [5.41, 5.74) is 1.17. The van der Waals surface area contributed by atoms with Crippen LogP contribution in [0.5, 0.6) is 0 Å². The first-order valence-electron chi connectivity index (χ1n) is 3.43. The Morgan fingerprint density at radius 3 is 2.91 bits per heavy atom. The maximum Gasteiger partial charge on any atom is 0.413 e. The lowest BCUT2D eigenvalue weighted by molar-refractivity contribution is 0.143. The molecule has 1 heterocycles. The number of ether oxygens (including phenoxy) is 1. The molecule has 0 radical (unpaired) electrons. The summed E-state index contributed by atoms with van der Waals surface area (Å²) in [6.07, 6.45) is 5.25. The second-order valence-electron chi connectivity index (χ2n) is 2.39. The first kappa shape index (κ1) is 7.85. The fourth-order valence-electron chi connectivity index (χ4n) is 0.831. The predicted octanol–water partition coefficient (Wildman–Crippen LogP) is 1.53. The highest BCUT2D eigenvalue weighted by Gasteiger charge is 2.10. The standard InChI is InChI=1S/C8H11NO2/c1-7-3-5-9(6-4-7)8(10)11-2/h3-5H,6H2,1-2H3. The van der Waals surface area contributed by atoms with Crippen LogP contribution >= 0.6 is 0 Å². The Hall–Kier alpha value is -1.25. The van der Waals surface area contributed by atoms with Gasteiger partial charge in [-0.15, -0.1) is 0 Å². The third-order valence-electron chi connectivity index (χ3n) is 1.54. The van der Waals surface area contributed by atoms with Crippen LogP contribution in [0.1, 0.15) is 6.92 Å². The van der Waals surface area contributed by atoms with Crippen LogP contribution in [-0.4, -0.2) is 24.6 Å². The van der Waals surface area contributed by atoms with Gasteiger partial charge in [-0.2, -0.15) is 0 Å². The van der Waals surface area contributed by atoms with E-state index in [4.69, 9.17) is 0 Å². The fourth-order valence-corrected chi connectivity index (χ4v) is 0.831. The van der Waals surface area contributed by atoms with Crippen LogP contribution in [0.3, 0.4) is 0 Å². The second-order valence-corrected chi connectivity index (χ2v) is 2.39. The molecule has 0 bridgehead atoms. The second kappa shape index (κ2) is 3.23. The molecule has 0 aliphatic carbocycles. The number of nitrogens with zero attached hydrogens (tertiary/aromatic N) is 1. The molecule has 1 aliphatic heterocycles. The zero-order valence-electron chi connectivity index (χ0n) is 6.70. The van der Waals surface area contributed by atoms with Crippen LogP contribution in [0.2, 0.25) is 0 Å². The molecule has 0 unspecified atom stereocenters. The summed E-state index contributed by atoms with van der Waals surface area (Å²) in [4.78, 5) is 12.4. The van der Waals surface area contributed by atoms with Crippen molar-refractivity contribution in [3.63, 3.8) is 0 Å². The molecule has 11 heavy (non-hydrogen) atoms. The van der Waals surface area contributed by atoms with Gasteiger partial charge < -0.3 is 4.74 Å². The number of hydrogen-bond acceptors (Lipinski definition) is 2. The highest BCUT2D eigenvalue weighted by atomic mass is 16.5. The molecule has 60 valence electrons. The van der Waals surface area contributed by atoms with Gasteiger partial charge >= 0.3 is 6.09 Å². The quantitative estimate of drug-likeness (QED) is 0.528. The van der Waals surface area contributed by atoms with Gasteiger partial charge in [0, 0.05) is 12.7 Å². The molecule has 0 N–H and O–H groups in total. The van der Waals surface area contributed by atoms with Crippen molar-refractivity contribution in [2.75, 3.05) is 13.7 Å². The van der Waals surface area contributed by atoms with Crippen LogP contribution in [-0.2, 0) is 4.74 Å². The summed E-state index contributed by atoms with van der Waals surface area (Å²) in [5.74, 6) is 0. The lowest BCUT2D eigenvalue weighted by atomic mass is 10.2. The monoisotopic (exact) mass is 153 g/mol. The molecular formula is C8H11NO2. The minimum Gasteiger partial charge on any atom is -0.452 e. The van der Waals surface area contributed by atoms with Crippen molar-refractivity contribution in [3.8, 4) is 0 Å². The minimum absolute atomic E-state index is 0.315. The predicted molar refractivity (Wildman–Crippen MR) is 42.0 cm³/mol. The molecule has 0 aromatic rings. The van der Waals surface area contributed by atoms with Gasteiger partial charge in [-0.3, -0.25) is 4.90 Å². The molecule has 0 saturated heterocycles. The fraction of sp³-hybridized carbons (Fsp3) is 0.375. The van der Waals surface area contributed by atoms with E-state index < -0.39 is 0 Å². The van der Waals surface area contributed by atoms with E-state index in [1.165, 1.54) is 17.6 Å². The zero-order chi connectivity index (χ0) is 8.27. The Morgan fingerprint density at radius 2 is 2.45 bits per heavy atom. The number of carbonyl (C=O) groups is 1.